The van der Waals surface area contributed by atoms with E-state index in [0.29, 0.717) is 22.6 Å². The minimum atomic E-state index is -3.58. The van der Waals surface area contributed by atoms with Crippen LogP contribution in [0.4, 0.5) is 11.4 Å². The van der Waals surface area contributed by atoms with E-state index in [0.717, 1.165) is 5.52 Å². The SMILES string of the molecule is CCS(=O)(=O)N1C[C@H](C(=O)Nc2ccc3c(c2)n(C)c(=O)n3C)Oc2ccccc21. The minimum absolute atomic E-state index is 0.0889. The van der Waals surface area contributed by atoms with Crippen molar-refractivity contribution in [3.8, 4) is 5.75 Å². The molecule has 1 atom stereocenters. The topological polar surface area (TPSA) is 103 Å². The Balaban J connectivity index is 1.63. The van der Waals surface area contributed by atoms with E-state index in [1.807, 2.05) is 0 Å². The quantitative estimate of drug-likeness (QED) is 0.675. The molecule has 0 aliphatic carbocycles. The summed E-state index contributed by atoms with van der Waals surface area (Å²) in [6.45, 7) is 1.44. The third-order valence-electron chi connectivity index (χ3n) is 5.27. The van der Waals surface area contributed by atoms with Crippen LogP contribution in [-0.2, 0) is 28.9 Å². The number of nitrogens with zero attached hydrogens (tertiary/aromatic N) is 3. The molecule has 9 nitrogen and oxygen atoms in total. The number of ether oxygens (including phenoxy) is 1. The molecule has 2 heterocycles. The van der Waals surface area contributed by atoms with Gasteiger partial charge in [0.2, 0.25) is 10.0 Å². The molecular formula is C20H22N4O5S. The molecule has 10 heteroatoms. The van der Waals surface area contributed by atoms with Gasteiger partial charge in [-0.05, 0) is 37.3 Å². The van der Waals surface area contributed by atoms with E-state index >= 15 is 0 Å². The molecule has 158 valence electrons. The average Bonchev–Trinajstić information content (AvgIpc) is 2.96. The van der Waals surface area contributed by atoms with Gasteiger partial charge in [-0.2, -0.15) is 0 Å². The molecule has 1 aliphatic rings. The van der Waals surface area contributed by atoms with Crippen molar-refractivity contribution in [3.63, 3.8) is 0 Å². The van der Waals surface area contributed by atoms with E-state index in [-0.39, 0.29) is 18.0 Å². The number of imidazole rings is 1. The Labute approximate surface area is 173 Å². The molecule has 0 saturated carbocycles. The van der Waals surface area contributed by atoms with Gasteiger partial charge in [-0.3, -0.25) is 18.2 Å². The van der Waals surface area contributed by atoms with Crippen LogP contribution < -0.4 is 20.0 Å². The summed E-state index contributed by atoms with van der Waals surface area (Å²) in [5, 5.41) is 2.77. The van der Waals surface area contributed by atoms with Crippen LogP contribution in [0.2, 0.25) is 0 Å². The molecule has 0 unspecified atom stereocenters. The summed E-state index contributed by atoms with van der Waals surface area (Å²) in [7, 11) is -0.241. The minimum Gasteiger partial charge on any atom is -0.476 e. The van der Waals surface area contributed by atoms with Gasteiger partial charge in [0.05, 0.1) is 29.0 Å². The third kappa shape index (κ3) is 3.22. The van der Waals surface area contributed by atoms with Crippen molar-refractivity contribution in [2.45, 2.75) is 13.0 Å². The highest BCUT2D eigenvalue weighted by Crippen LogP contribution is 2.35. The molecule has 4 rings (SSSR count). The fraction of sp³-hybridized carbons (Fsp3) is 0.300. The number of amides is 1. The van der Waals surface area contributed by atoms with Crippen molar-refractivity contribution in [1.82, 2.24) is 9.13 Å². The third-order valence-corrected chi connectivity index (χ3v) is 7.01. The first-order valence-electron chi connectivity index (χ1n) is 9.45. The first kappa shape index (κ1) is 20.0. The van der Waals surface area contributed by atoms with Gasteiger partial charge in [0, 0.05) is 19.8 Å². The Bertz CT molecular complexity index is 1310. The van der Waals surface area contributed by atoms with Gasteiger partial charge in [0.1, 0.15) is 5.75 Å². The number of fused-ring (bicyclic) bond motifs is 2. The van der Waals surface area contributed by atoms with Crippen molar-refractivity contribution >= 4 is 38.3 Å². The van der Waals surface area contributed by atoms with E-state index in [1.54, 1.807) is 63.5 Å². The van der Waals surface area contributed by atoms with Crippen LogP contribution in [-0.4, -0.2) is 41.9 Å². The van der Waals surface area contributed by atoms with Gasteiger partial charge < -0.3 is 10.1 Å². The summed E-state index contributed by atoms with van der Waals surface area (Å²) in [6, 6.07) is 11.9. The number of hydrogen-bond acceptors (Lipinski definition) is 5. The number of aryl methyl sites for hydroxylation is 2. The Morgan fingerprint density at radius 1 is 1.13 bits per heavy atom. The number of benzene rings is 2. The molecule has 0 radical (unpaired) electrons. The number of anilines is 2. The van der Waals surface area contributed by atoms with Crippen LogP contribution in [0.15, 0.2) is 47.3 Å². The standard InChI is InChI=1S/C20H22N4O5S/c1-4-30(27,28)24-12-18(29-17-8-6-5-7-15(17)24)19(25)21-13-9-10-14-16(11-13)23(3)20(26)22(14)2/h5-11,18H,4,12H2,1-3H3,(H,21,25)/t18-/m1/s1. The number of carbonyl (C=O) groups excluding carboxylic acids is 1. The number of para-hydroxylation sites is 2. The van der Waals surface area contributed by atoms with E-state index in [4.69, 9.17) is 4.74 Å². The summed E-state index contributed by atoms with van der Waals surface area (Å²) in [4.78, 5) is 25.0. The van der Waals surface area contributed by atoms with Crippen molar-refractivity contribution in [2.24, 2.45) is 14.1 Å². The summed E-state index contributed by atoms with van der Waals surface area (Å²) in [5.74, 6) is -0.225. The molecular weight excluding hydrogens is 408 g/mol. The maximum Gasteiger partial charge on any atom is 0.328 e. The monoisotopic (exact) mass is 430 g/mol. The number of nitrogens with one attached hydrogen (secondary N) is 1. The van der Waals surface area contributed by atoms with Crippen LogP contribution >= 0.6 is 0 Å². The smallest absolute Gasteiger partial charge is 0.328 e. The summed E-state index contributed by atoms with van der Waals surface area (Å²) < 4.78 is 35.2. The molecule has 0 spiro atoms. The second-order valence-corrected chi connectivity index (χ2v) is 9.28. The Morgan fingerprint density at radius 2 is 1.83 bits per heavy atom. The highest BCUT2D eigenvalue weighted by molar-refractivity contribution is 7.92. The van der Waals surface area contributed by atoms with Gasteiger partial charge >= 0.3 is 5.69 Å². The van der Waals surface area contributed by atoms with Gasteiger partial charge in [-0.15, -0.1) is 0 Å². The fourth-order valence-corrected chi connectivity index (χ4v) is 4.69. The predicted octanol–water partition coefficient (Wildman–Crippen LogP) is 1.43. The first-order chi connectivity index (χ1) is 14.2. The van der Waals surface area contributed by atoms with Crippen LogP contribution in [0.25, 0.3) is 11.0 Å². The molecule has 0 bridgehead atoms. The van der Waals surface area contributed by atoms with E-state index in [1.165, 1.54) is 13.4 Å². The van der Waals surface area contributed by atoms with Crippen LogP contribution in [0.5, 0.6) is 5.75 Å². The molecule has 0 fully saturated rings. The van der Waals surface area contributed by atoms with Crippen LogP contribution in [0.1, 0.15) is 6.92 Å². The van der Waals surface area contributed by atoms with E-state index < -0.39 is 22.0 Å². The molecule has 1 amide bonds. The second-order valence-electron chi connectivity index (χ2n) is 7.10. The maximum absolute atomic E-state index is 12.9. The lowest BCUT2D eigenvalue weighted by molar-refractivity contribution is -0.122. The zero-order valence-corrected chi connectivity index (χ0v) is 17.6. The Morgan fingerprint density at radius 3 is 2.57 bits per heavy atom. The zero-order chi connectivity index (χ0) is 21.6. The normalized spacial score (nSPS) is 16.2. The molecule has 1 N–H and O–H groups in total. The van der Waals surface area contributed by atoms with Crippen molar-refractivity contribution < 1.29 is 17.9 Å². The van der Waals surface area contributed by atoms with Crippen molar-refractivity contribution in [3.05, 3.63) is 52.9 Å². The Kier molecular flexibility index (Phi) is 4.81. The average molecular weight is 430 g/mol. The number of aromatic nitrogens is 2. The molecule has 1 aliphatic heterocycles. The number of carbonyl (C=O) groups is 1. The van der Waals surface area contributed by atoms with Gasteiger partial charge in [-0.1, -0.05) is 12.1 Å². The molecule has 0 saturated heterocycles. The van der Waals surface area contributed by atoms with Gasteiger partial charge in [-0.25, -0.2) is 13.2 Å². The van der Waals surface area contributed by atoms with Gasteiger partial charge in [0.25, 0.3) is 5.91 Å². The highest BCUT2D eigenvalue weighted by atomic mass is 32.2. The van der Waals surface area contributed by atoms with E-state index in [9.17, 15) is 18.0 Å². The van der Waals surface area contributed by atoms with Gasteiger partial charge in [0.15, 0.2) is 6.10 Å². The molecule has 2 aromatic carbocycles. The maximum atomic E-state index is 12.9. The summed E-state index contributed by atoms with van der Waals surface area (Å²) in [5.41, 5.74) is 2.15. The first-order valence-corrected chi connectivity index (χ1v) is 11.1. The number of rotatable bonds is 4. The number of hydrogen-bond donors (Lipinski definition) is 1. The van der Waals surface area contributed by atoms with Crippen LogP contribution in [0, 0.1) is 0 Å². The lowest BCUT2D eigenvalue weighted by Gasteiger charge is -2.34. The predicted molar refractivity (Wildman–Crippen MR) is 114 cm³/mol. The summed E-state index contributed by atoms with van der Waals surface area (Å²) in [6.07, 6.45) is -1.02. The van der Waals surface area contributed by atoms with Crippen molar-refractivity contribution in [1.29, 1.82) is 0 Å². The van der Waals surface area contributed by atoms with E-state index in [2.05, 4.69) is 5.32 Å². The zero-order valence-electron chi connectivity index (χ0n) is 16.8. The van der Waals surface area contributed by atoms with Crippen LogP contribution in [0.3, 0.4) is 0 Å². The lowest BCUT2D eigenvalue weighted by atomic mass is 10.2. The number of sulfonamides is 1. The van der Waals surface area contributed by atoms with Crippen molar-refractivity contribution in [2.75, 3.05) is 21.9 Å². The highest BCUT2D eigenvalue weighted by Gasteiger charge is 2.36. The largest absolute Gasteiger partial charge is 0.476 e. The fourth-order valence-electron chi connectivity index (χ4n) is 3.57. The lowest BCUT2D eigenvalue weighted by Crippen LogP contribution is -2.49. The second kappa shape index (κ2) is 7.21. The Hall–Kier alpha value is -3.27. The molecule has 3 aromatic rings. The molecule has 1 aromatic heterocycles. The summed E-state index contributed by atoms with van der Waals surface area (Å²) >= 11 is 0. The molecule has 30 heavy (non-hydrogen) atoms.